The topological polar surface area (TPSA) is 17.1 Å². The average Bonchev–Trinajstić information content (AvgIpc) is 2.46. The SMILES string of the molecule is CCC(C)c1ccc(-c2ccc(C=O)cc2Cl)cc1. The number of carbonyl (C=O) groups excluding carboxylic acids is 1. The Bertz CT molecular complexity index is 572. The molecule has 2 heteroatoms. The summed E-state index contributed by atoms with van der Waals surface area (Å²) in [6.45, 7) is 4.41. The van der Waals surface area contributed by atoms with Crippen molar-refractivity contribution in [2.75, 3.05) is 0 Å². The number of aldehydes is 1. The van der Waals surface area contributed by atoms with E-state index in [9.17, 15) is 4.79 Å². The lowest BCUT2D eigenvalue weighted by Crippen LogP contribution is -1.91. The van der Waals surface area contributed by atoms with Crippen molar-refractivity contribution in [3.8, 4) is 11.1 Å². The van der Waals surface area contributed by atoms with E-state index < -0.39 is 0 Å². The number of halogens is 1. The number of hydrogen-bond donors (Lipinski definition) is 0. The highest BCUT2D eigenvalue weighted by Gasteiger charge is 2.06. The van der Waals surface area contributed by atoms with Gasteiger partial charge in [-0.15, -0.1) is 0 Å². The van der Waals surface area contributed by atoms with Gasteiger partial charge < -0.3 is 0 Å². The fourth-order valence-corrected chi connectivity index (χ4v) is 2.36. The second-order valence-corrected chi connectivity index (χ2v) is 5.20. The summed E-state index contributed by atoms with van der Waals surface area (Å²) in [5.41, 5.74) is 3.98. The molecule has 0 bridgehead atoms. The summed E-state index contributed by atoms with van der Waals surface area (Å²) in [5.74, 6) is 0.571. The zero-order valence-corrected chi connectivity index (χ0v) is 11.9. The summed E-state index contributed by atoms with van der Waals surface area (Å²) in [5, 5.41) is 0.612. The highest BCUT2D eigenvalue weighted by Crippen LogP contribution is 2.30. The molecule has 1 atom stereocenters. The van der Waals surface area contributed by atoms with Crippen LogP contribution in [0.3, 0.4) is 0 Å². The molecule has 0 fully saturated rings. The van der Waals surface area contributed by atoms with Crippen LogP contribution in [0.1, 0.15) is 42.1 Å². The molecule has 98 valence electrons. The lowest BCUT2D eigenvalue weighted by molar-refractivity contribution is 0.112. The third kappa shape index (κ3) is 3.05. The summed E-state index contributed by atoms with van der Waals surface area (Å²) >= 11 is 6.21. The van der Waals surface area contributed by atoms with E-state index in [0.717, 1.165) is 23.8 Å². The Morgan fingerprint density at radius 1 is 1.16 bits per heavy atom. The van der Waals surface area contributed by atoms with Gasteiger partial charge in [0, 0.05) is 16.1 Å². The fourth-order valence-electron chi connectivity index (χ4n) is 2.07. The summed E-state index contributed by atoms with van der Waals surface area (Å²) < 4.78 is 0. The molecule has 2 aromatic carbocycles. The average molecular weight is 273 g/mol. The second-order valence-electron chi connectivity index (χ2n) is 4.79. The Balaban J connectivity index is 2.34. The molecular weight excluding hydrogens is 256 g/mol. The first-order valence-corrected chi connectivity index (χ1v) is 6.88. The van der Waals surface area contributed by atoms with Crippen molar-refractivity contribution in [1.82, 2.24) is 0 Å². The van der Waals surface area contributed by atoms with Crippen LogP contribution in [0, 0.1) is 0 Å². The van der Waals surface area contributed by atoms with Crippen LogP contribution in [-0.4, -0.2) is 6.29 Å². The minimum atomic E-state index is 0.571. The van der Waals surface area contributed by atoms with E-state index in [2.05, 4.69) is 38.1 Å². The van der Waals surface area contributed by atoms with Gasteiger partial charge in [-0.2, -0.15) is 0 Å². The Labute approximate surface area is 119 Å². The number of rotatable bonds is 4. The van der Waals surface area contributed by atoms with E-state index in [1.54, 1.807) is 12.1 Å². The van der Waals surface area contributed by atoms with Crippen LogP contribution in [0.15, 0.2) is 42.5 Å². The maximum Gasteiger partial charge on any atom is 0.150 e. The van der Waals surface area contributed by atoms with Crippen molar-refractivity contribution in [3.05, 3.63) is 58.6 Å². The van der Waals surface area contributed by atoms with E-state index in [4.69, 9.17) is 11.6 Å². The van der Waals surface area contributed by atoms with E-state index in [-0.39, 0.29) is 0 Å². The Morgan fingerprint density at radius 3 is 2.37 bits per heavy atom. The zero-order valence-electron chi connectivity index (χ0n) is 11.2. The van der Waals surface area contributed by atoms with Crippen LogP contribution >= 0.6 is 11.6 Å². The van der Waals surface area contributed by atoms with E-state index in [1.807, 2.05) is 6.07 Å². The largest absolute Gasteiger partial charge is 0.298 e. The molecule has 0 saturated carbocycles. The van der Waals surface area contributed by atoms with Crippen molar-refractivity contribution in [2.24, 2.45) is 0 Å². The van der Waals surface area contributed by atoms with Gasteiger partial charge in [0.25, 0.3) is 0 Å². The van der Waals surface area contributed by atoms with Gasteiger partial charge in [0.2, 0.25) is 0 Å². The number of carbonyl (C=O) groups is 1. The number of benzene rings is 2. The third-order valence-electron chi connectivity index (χ3n) is 3.53. The predicted molar refractivity (Wildman–Crippen MR) is 81.0 cm³/mol. The van der Waals surface area contributed by atoms with Crippen LogP contribution in [0.4, 0.5) is 0 Å². The van der Waals surface area contributed by atoms with Crippen molar-refractivity contribution in [2.45, 2.75) is 26.2 Å². The van der Waals surface area contributed by atoms with Crippen LogP contribution in [0.25, 0.3) is 11.1 Å². The molecule has 0 aliphatic heterocycles. The van der Waals surface area contributed by atoms with Gasteiger partial charge in [-0.3, -0.25) is 4.79 Å². The maximum absolute atomic E-state index is 10.7. The van der Waals surface area contributed by atoms with Crippen LogP contribution < -0.4 is 0 Å². The quantitative estimate of drug-likeness (QED) is 0.687. The van der Waals surface area contributed by atoms with E-state index in [1.165, 1.54) is 5.56 Å². The lowest BCUT2D eigenvalue weighted by Gasteiger charge is -2.10. The summed E-state index contributed by atoms with van der Waals surface area (Å²) in [6, 6.07) is 13.8. The molecule has 1 nitrogen and oxygen atoms in total. The Kier molecular flexibility index (Phi) is 4.39. The molecule has 0 spiro atoms. The van der Waals surface area contributed by atoms with Crippen molar-refractivity contribution >= 4 is 17.9 Å². The van der Waals surface area contributed by atoms with Crippen molar-refractivity contribution in [3.63, 3.8) is 0 Å². The Morgan fingerprint density at radius 2 is 1.84 bits per heavy atom. The molecule has 2 rings (SSSR count). The van der Waals surface area contributed by atoms with Crippen molar-refractivity contribution < 1.29 is 4.79 Å². The van der Waals surface area contributed by atoms with Gasteiger partial charge in [-0.1, -0.05) is 61.8 Å². The summed E-state index contributed by atoms with van der Waals surface area (Å²) in [4.78, 5) is 10.7. The monoisotopic (exact) mass is 272 g/mol. The molecule has 0 aliphatic rings. The molecule has 0 amide bonds. The molecule has 19 heavy (non-hydrogen) atoms. The molecule has 0 radical (unpaired) electrons. The smallest absolute Gasteiger partial charge is 0.150 e. The molecule has 2 aromatic rings. The molecule has 0 N–H and O–H groups in total. The molecule has 1 unspecified atom stereocenters. The second kappa shape index (κ2) is 6.03. The van der Waals surface area contributed by atoms with Gasteiger partial charge in [0.1, 0.15) is 6.29 Å². The molecular formula is C17H17ClO. The highest BCUT2D eigenvalue weighted by atomic mass is 35.5. The molecule has 0 heterocycles. The third-order valence-corrected chi connectivity index (χ3v) is 3.85. The van der Waals surface area contributed by atoms with Gasteiger partial charge in [-0.05, 0) is 29.5 Å². The first-order valence-electron chi connectivity index (χ1n) is 6.50. The molecule has 0 aliphatic carbocycles. The first kappa shape index (κ1) is 13.8. The minimum absolute atomic E-state index is 0.571. The lowest BCUT2D eigenvalue weighted by atomic mass is 9.95. The summed E-state index contributed by atoms with van der Waals surface area (Å²) in [7, 11) is 0. The van der Waals surface area contributed by atoms with E-state index in [0.29, 0.717) is 16.5 Å². The maximum atomic E-state index is 10.7. The van der Waals surface area contributed by atoms with Crippen LogP contribution in [-0.2, 0) is 0 Å². The van der Waals surface area contributed by atoms with Gasteiger partial charge >= 0.3 is 0 Å². The minimum Gasteiger partial charge on any atom is -0.298 e. The van der Waals surface area contributed by atoms with Crippen LogP contribution in [0.5, 0.6) is 0 Å². The fraction of sp³-hybridized carbons (Fsp3) is 0.235. The molecule has 0 saturated heterocycles. The van der Waals surface area contributed by atoms with Crippen molar-refractivity contribution in [1.29, 1.82) is 0 Å². The first-order chi connectivity index (χ1) is 9.15. The van der Waals surface area contributed by atoms with Gasteiger partial charge in [0.15, 0.2) is 0 Å². The highest BCUT2D eigenvalue weighted by molar-refractivity contribution is 6.33. The normalized spacial score (nSPS) is 12.2. The number of hydrogen-bond acceptors (Lipinski definition) is 1. The zero-order chi connectivity index (χ0) is 13.8. The standard InChI is InChI=1S/C17H17ClO/c1-3-12(2)14-5-7-15(8-6-14)16-9-4-13(11-19)10-17(16)18/h4-12H,3H2,1-2H3. The summed E-state index contributed by atoms with van der Waals surface area (Å²) in [6.07, 6.45) is 1.94. The van der Waals surface area contributed by atoms with Crippen LogP contribution in [0.2, 0.25) is 5.02 Å². The van der Waals surface area contributed by atoms with Gasteiger partial charge in [0.05, 0.1) is 0 Å². The Hall–Kier alpha value is -1.60. The van der Waals surface area contributed by atoms with E-state index >= 15 is 0 Å². The predicted octanol–water partition coefficient (Wildman–Crippen LogP) is 5.33. The van der Waals surface area contributed by atoms with Gasteiger partial charge in [-0.25, -0.2) is 0 Å². The molecule has 0 aromatic heterocycles.